The first-order valence-corrected chi connectivity index (χ1v) is 9.94. The fourth-order valence-electron chi connectivity index (χ4n) is 2.99. The number of esters is 1. The van der Waals surface area contributed by atoms with E-state index in [4.69, 9.17) is 8.92 Å². The van der Waals surface area contributed by atoms with E-state index in [0.717, 1.165) is 0 Å². The standard InChI is InChI=1S/C9H12IO6S/c1-10-5-4-3-9(8(11)14-2)7(15-4)6(5)16-17(9,12)13/h4-7H,3H2,1-2H3/q-1. The molecule has 0 aromatic rings. The molecule has 2 bridgehead atoms. The molecule has 3 aliphatic rings. The Balaban J connectivity index is 2.11. The number of carbonyl (C=O) groups excluding carboxylic acids is 1. The molecule has 98 valence electrons. The first-order chi connectivity index (χ1) is 7.98. The summed E-state index contributed by atoms with van der Waals surface area (Å²) in [5.74, 6) is -0.750. The summed E-state index contributed by atoms with van der Waals surface area (Å²) in [5, 5.41) is 0. The molecule has 3 heterocycles. The molecule has 0 aromatic heterocycles. The van der Waals surface area contributed by atoms with Crippen molar-refractivity contribution in [3.05, 3.63) is 0 Å². The first kappa shape index (κ1) is 12.1. The fourth-order valence-corrected chi connectivity index (χ4v) is 7.46. The quantitative estimate of drug-likeness (QED) is 0.211. The Morgan fingerprint density at radius 1 is 1.53 bits per heavy atom. The molecule has 3 fully saturated rings. The second-order valence-corrected chi connectivity index (χ2v) is 8.87. The van der Waals surface area contributed by atoms with Gasteiger partial charge in [0.1, 0.15) is 0 Å². The van der Waals surface area contributed by atoms with E-state index in [-0.39, 0.29) is 37.7 Å². The normalized spacial score (nSPS) is 49.8. The number of fused-ring (bicyclic) bond motifs is 1. The summed E-state index contributed by atoms with van der Waals surface area (Å²) >= 11 is -0.188. The predicted octanol–water partition coefficient (Wildman–Crippen LogP) is -4.11. The molecule has 0 aliphatic carbocycles. The van der Waals surface area contributed by atoms with Crippen molar-refractivity contribution in [1.29, 1.82) is 0 Å². The topological polar surface area (TPSA) is 78.9 Å². The molecule has 3 saturated heterocycles. The molecule has 0 N–H and O–H groups in total. The Morgan fingerprint density at radius 2 is 2.24 bits per heavy atom. The molecule has 0 saturated carbocycles. The van der Waals surface area contributed by atoms with Gasteiger partial charge in [-0.15, -0.1) is 0 Å². The van der Waals surface area contributed by atoms with Gasteiger partial charge >= 0.3 is 110 Å². The molecule has 5 atom stereocenters. The van der Waals surface area contributed by atoms with Gasteiger partial charge in [0.25, 0.3) is 0 Å². The Labute approximate surface area is 109 Å². The SMILES string of the molecule is COC(=O)C12CC3OC1C(OS2(=O)=O)C3[I-]C. The molecule has 0 aromatic carbocycles. The molecule has 3 aliphatic heterocycles. The van der Waals surface area contributed by atoms with Gasteiger partial charge in [-0.2, -0.15) is 0 Å². The monoisotopic (exact) mass is 375 g/mol. The number of hydrogen-bond donors (Lipinski definition) is 0. The van der Waals surface area contributed by atoms with Gasteiger partial charge in [0.2, 0.25) is 0 Å². The summed E-state index contributed by atoms with van der Waals surface area (Å²) in [6, 6.07) is 0. The van der Waals surface area contributed by atoms with Crippen molar-refractivity contribution in [2.75, 3.05) is 12.0 Å². The van der Waals surface area contributed by atoms with E-state index in [1.54, 1.807) is 0 Å². The summed E-state index contributed by atoms with van der Waals surface area (Å²) < 4.78 is 38.1. The zero-order valence-electron chi connectivity index (χ0n) is 9.25. The van der Waals surface area contributed by atoms with Crippen LogP contribution < -0.4 is 21.2 Å². The number of alkyl halides is 2. The molecule has 3 rings (SSSR count). The molecule has 6 nitrogen and oxygen atoms in total. The average Bonchev–Trinajstić information content (AvgIpc) is 2.85. The van der Waals surface area contributed by atoms with Crippen molar-refractivity contribution >= 4 is 16.1 Å². The van der Waals surface area contributed by atoms with Crippen LogP contribution in [-0.2, 0) is 28.6 Å². The molecular weight excluding hydrogens is 363 g/mol. The second kappa shape index (κ2) is 3.55. The molecule has 5 unspecified atom stereocenters. The zero-order valence-corrected chi connectivity index (χ0v) is 12.2. The third-order valence-electron chi connectivity index (χ3n) is 3.72. The van der Waals surface area contributed by atoms with Crippen LogP contribution in [0.2, 0.25) is 0 Å². The Bertz CT molecular complexity index is 476. The van der Waals surface area contributed by atoms with Crippen LogP contribution in [0.1, 0.15) is 6.42 Å². The second-order valence-electron chi connectivity index (χ2n) is 4.36. The molecule has 0 amide bonds. The van der Waals surface area contributed by atoms with E-state index >= 15 is 0 Å². The maximum absolute atomic E-state index is 12.1. The third-order valence-corrected chi connectivity index (χ3v) is 8.60. The predicted molar refractivity (Wildman–Crippen MR) is 51.5 cm³/mol. The van der Waals surface area contributed by atoms with Crippen molar-refractivity contribution in [3.8, 4) is 0 Å². The summed E-state index contributed by atoms with van der Waals surface area (Å²) in [7, 11) is -2.74. The fraction of sp³-hybridized carbons (Fsp3) is 0.889. The van der Waals surface area contributed by atoms with Crippen molar-refractivity contribution < 1.29 is 48.1 Å². The third kappa shape index (κ3) is 1.22. The minimum atomic E-state index is -3.93. The summed E-state index contributed by atoms with van der Waals surface area (Å²) in [6.07, 6.45) is -1.13. The van der Waals surface area contributed by atoms with Gasteiger partial charge in [-0.1, -0.05) is 0 Å². The minimum absolute atomic E-state index is 0.161. The summed E-state index contributed by atoms with van der Waals surface area (Å²) in [4.78, 5) is 13.9. The van der Waals surface area contributed by atoms with Crippen LogP contribution in [-0.4, -0.2) is 53.4 Å². The Hall–Kier alpha value is 0.0700. The van der Waals surface area contributed by atoms with Gasteiger partial charge in [-0.05, 0) is 0 Å². The Morgan fingerprint density at radius 3 is 2.82 bits per heavy atom. The van der Waals surface area contributed by atoms with E-state index in [1.165, 1.54) is 7.11 Å². The van der Waals surface area contributed by atoms with Gasteiger partial charge < -0.3 is 0 Å². The van der Waals surface area contributed by atoms with E-state index in [0.29, 0.717) is 0 Å². The van der Waals surface area contributed by atoms with Crippen LogP contribution in [0, 0.1) is 0 Å². The number of ether oxygens (including phenoxy) is 2. The number of carbonyl (C=O) groups is 1. The number of hydrogen-bond acceptors (Lipinski definition) is 6. The summed E-state index contributed by atoms with van der Waals surface area (Å²) in [6.45, 7) is 0. The van der Waals surface area contributed by atoms with Gasteiger partial charge in [0.05, 0.1) is 0 Å². The van der Waals surface area contributed by atoms with Crippen molar-refractivity contribution in [1.82, 2.24) is 0 Å². The van der Waals surface area contributed by atoms with Gasteiger partial charge in [0.15, 0.2) is 0 Å². The van der Waals surface area contributed by atoms with E-state index < -0.39 is 33.0 Å². The van der Waals surface area contributed by atoms with Crippen molar-refractivity contribution in [3.63, 3.8) is 0 Å². The molecule has 0 radical (unpaired) electrons. The van der Waals surface area contributed by atoms with Gasteiger partial charge in [-0.25, -0.2) is 0 Å². The average molecular weight is 375 g/mol. The van der Waals surface area contributed by atoms with Crippen molar-refractivity contribution in [2.24, 2.45) is 0 Å². The maximum atomic E-state index is 12.1. The van der Waals surface area contributed by atoms with Crippen LogP contribution in [0.3, 0.4) is 0 Å². The van der Waals surface area contributed by atoms with Crippen LogP contribution in [0.25, 0.3) is 0 Å². The molecule has 17 heavy (non-hydrogen) atoms. The van der Waals surface area contributed by atoms with Crippen LogP contribution in [0.15, 0.2) is 0 Å². The zero-order chi connectivity index (χ0) is 12.4. The van der Waals surface area contributed by atoms with E-state index in [1.807, 2.05) is 0 Å². The molecule has 0 spiro atoms. The van der Waals surface area contributed by atoms with Crippen molar-refractivity contribution in [2.45, 2.75) is 33.4 Å². The van der Waals surface area contributed by atoms with Crippen LogP contribution in [0.4, 0.5) is 0 Å². The number of methoxy groups -OCH3 is 1. The number of rotatable bonds is 2. The van der Waals surface area contributed by atoms with E-state index in [2.05, 4.69) is 9.67 Å². The van der Waals surface area contributed by atoms with Gasteiger partial charge in [0, 0.05) is 0 Å². The Kier molecular flexibility index (Phi) is 2.53. The van der Waals surface area contributed by atoms with Crippen LogP contribution in [0.5, 0.6) is 0 Å². The summed E-state index contributed by atoms with van der Waals surface area (Å²) in [5.41, 5.74) is 0. The first-order valence-electron chi connectivity index (χ1n) is 5.12. The van der Waals surface area contributed by atoms with E-state index in [9.17, 15) is 13.2 Å². The molecule has 8 heteroatoms. The molecular formula is C9H12IO6S-. The van der Waals surface area contributed by atoms with Crippen LogP contribution >= 0.6 is 0 Å². The number of halogens is 1. The van der Waals surface area contributed by atoms with Gasteiger partial charge in [-0.3, -0.25) is 0 Å².